The van der Waals surface area contributed by atoms with Crippen LogP contribution in [0, 0.1) is 5.92 Å². The molecule has 0 radical (unpaired) electrons. The Morgan fingerprint density at radius 2 is 1.93 bits per heavy atom. The minimum Gasteiger partial charge on any atom is -0.384 e. The Hall–Kier alpha value is -0.120. The molecule has 1 rings (SSSR count). The first kappa shape index (κ1) is 12.9. The Kier molecular flexibility index (Phi) is 3.49. The maximum Gasteiger partial charge on any atom is 0.116 e. The van der Waals surface area contributed by atoms with Crippen molar-refractivity contribution in [2.24, 2.45) is 5.92 Å². The van der Waals surface area contributed by atoms with Crippen LogP contribution in [0.3, 0.4) is 0 Å². The second-order valence-corrected chi connectivity index (χ2v) is 5.35. The summed E-state index contributed by atoms with van der Waals surface area (Å²) < 4.78 is 11.3. The number of hydrogen-bond acceptors (Lipinski definition) is 3. The third kappa shape index (κ3) is 2.05. The second kappa shape index (κ2) is 4.04. The topological polar surface area (TPSA) is 38.7 Å². The summed E-state index contributed by atoms with van der Waals surface area (Å²) in [4.78, 5) is 0. The van der Waals surface area contributed by atoms with Crippen molar-refractivity contribution in [1.82, 2.24) is 0 Å². The highest BCUT2D eigenvalue weighted by Gasteiger charge is 2.53. The lowest BCUT2D eigenvalue weighted by Gasteiger charge is -2.52. The van der Waals surface area contributed by atoms with Crippen molar-refractivity contribution in [3.05, 3.63) is 0 Å². The van der Waals surface area contributed by atoms with Crippen molar-refractivity contribution in [2.45, 2.75) is 64.4 Å². The summed E-state index contributed by atoms with van der Waals surface area (Å²) in [6.07, 6.45) is 0.687. The molecule has 1 aliphatic heterocycles. The van der Waals surface area contributed by atoms with Crippen molar-refractivity contribution >= 4 is 0 Å². The van der Waals surface area contributed by atoms with Gasteiger partial charge in [-0.3, -0.25) is 0 Å². The van der Waals surface area contributed by atoms with Gasteiger partial charge in [0.25, 0.3) is 0 Å². The molecule has 1 N–H and O–H groups in total. The van der Waals surface area contributed by atoms with Gasteiger partial charge in [-0.1, -0.05) is 13.8 Å². The number of rotatable bonds is 2. The molecule has 0 aliphatic carbocycles. The molecular formula is C12H24O3. The standard InChI is InChI=1S/C12H24O3/c1-8(2)10-7-11(4,14-6)12(5,13)9(3)15-10/h8-10,13H,7H2,1-6H3/t9?,10-,11?,12?/m1/s1. The highest BCUT2D eigenvalue weighted by Crippen LogP contribution is 2.41. The molecule has 4 atom stereocenters. The zero-order valence-electron chi connectivity index (χ0n) is 10.7. The summed E-state index contributed by atoms with van der Waals surface area (Å²) in [7, 11) is 1.66. The van der Waals surface area contributed by atoms with E-state index >= 15 is 0 Å². The molecule has 3 heteroatoms. The van der Waals surface area contributed by atoms with E-state index in [1.807, 2.05) is 13.8 Å². The first-order valence-electron chi connectivity index (χ1n) is 5.67. The fourth-order valence-corrected chi connectivity index (χ4v) is 2.15. The summed E-state index contributed by atoms with van der Waals surface area (Å²) in [5.74, 6) is 0.443. The average Bonchev–Trinajstić information content (AvgIpc) is 2.14. The van der Waals surface area contributed by atoms with Crippen LogP contribution in [0.4, 0.5) is 0 Å². The van der Waals surface area contributed by atoms with E-state index in [0.29, 0.717) is 5.92 Å². The van der Waals surface area contributed by atoms with Gasteiger partial charge in [0.05, 0.1) is 17.8 Å². The number of aliphatic hydroxyl groups is 1. The molecule has 0 aromatic carbocycles. The van der Waals surface area contributed by atoms with Crippen molar-refractivity contribution in [3.63, 3.8) is 0 Å². The predicted octanol–water partition coefficient (Wildman–Crippen LogP) is 1.98. The fourth-order valence-electron chi connectivity index (χ4n) is 2.15. The summed E-state index contributed by atoms with van der Waals surface area (Å²) in [6.45, 7) is 9.92. The maximum atomic E-state index is 10.4. The van der Waals surface area contributed by atoms with Crippen LogP contribution in [0.5, 0.6) is 0 Å². The number of ether oxygens (including phenoxy) is 2. The lowest BCUT2D eigenvalue weighted by molar-refractivity contribution is -0.269. The van der Waals surface area contributed by atoms with E-state index in [4.69, 9.17) is 9.47 Å². The van der Waals surface area contributed by atoms with Gasteiger partial charge in [-0.2, -0.15) is 0 Å². The van der Waals surface area contributed by atoms with Crippen molar-refractivity contribution in [3.8, 4) is 0 Å². The van der Waals surface area contributed by atoms with Crippen LogP contribution >= 0.6 is 0 Å². The summed E-state index contributed by atoms with van der Waals surface area (Å²) in [5.41, 5.74) is -1.47. The van der Waals surface area contributed by atoms with E-state index in [-0.39, 0.29) is 12.2 Å². The van der Waals surface area contributed by atoms with Gasteiger partial charge in [-0.05, 0) is 26.7 Å². The fraction of sp³-hybridized carbons (Fsp3) is 1.00. The summed E-state index contributed by atoms with van der Waals surface area (Å²) >= 11 is 0. The predicted molar refractivity (Wildman–Crippen MR) is 59.8 cm³/mol. The van der Waals surface area contributed by atoms with E-state index < -0.39 is 11.2 Å². The number of methoxy groups -OCH3 is 1. The second-order valence-electron chi connectivity index (χ2n) is 5.35. The van der Waals surface area contributed by atoms with Crippen molar-refractivity contribution < 1.29 is 14.6 Å². The van der Waals surface area contributed by atoms with Gasteiger partial charge in [0.1, 0.15) is 5.60 Å². The lowest BCUT2D eigenvalue weighted by Crippen LogP contribution is -2.64. The highest BCUT2D eigenvalue weighted by atomic mass is 16.5. The van der Waals surface area contributed by atoms with Crippen LogP contribution in [-0.2, 0) is 9.47 Å². The van der Waals surface area contributed by atoms with Gasteiger partial charge in [0.15, 0.2) is 0 Å². The van der Waals surface area contributed by atoms with Crippen molar-refractivity contribution in [1.29, 1.82) is 0 Å². The zero-order valence-corrected chi connectivity index (χ0v) is 10.7. The molecule has 0 saturated carbocycles. The lowest BCUT2D eigenvalue weighted by atomic mass is 9.74. The molecule has 3 unspecified atom stereocenters. The van der Waals surface area contributed by atoms with Gasteiger partial charge >= 0.3 is 0 Å². The van der Waals surface area contributed by atoms with Crippen LogP contribution in [0.2, 0.25) is 0 Å². The Morgan fingerprint density at radius 1 is 1.40 bits per heavy atom. The smallest absolute Gasteiger partial charge is 0.116 e. The largest absolute Gasteiger partial charge is 0.384 e. The maximum absolute atomic E-state index is 10.4. The normalized spacial score (nSPS) is 47.2. The average molecular weight is 216 g/mol. The Bertz CT molecular complexity index is 225. The van der Waals surface area contributed by atoms with E-state index in [2.05, 4.69) is 13.8 Å². The monoisotopic (exact) mass is 216 g/mol. The van der Waals surface area contributed by atoms with Crippen LogP contribution in [0.1, 0.15) is 41.0 Å². The molecule has 0 bridgehead atoms. The van der Waals surface area contributed by atoms with E-state index in [0.717, 1.165) is 6.42 Å². The molecule has 1 saturated heterocycles. The SMILES string of the molecule is COC1(C)C[C@H](C(C)C)OC(C)C1(C)O. The first-order valence-corrected chi connectivity index (χ1v) is 5.67. The van der Waals surface area contributed by atoms with Gasteiger partial charge in [0, 0.05) is 13.5 Å². The molecule has 1 aliphatic rings. The quantitative estimate of drug-likeness (QED) is 0.767. The molecule has 0 aromatic heterocycles. The summed E-state index contributed by atoms with van der Waals surface area (Å²) in [5, 5.41) is 10.4. The minimum atomic E-state index is -0.937. The third-order valence-corrected chi connectivity index (χ3v) is 4.03. The van der Waals surface area contributed by atoms with Crippen LogP contribution in [-0.4, -0.2) is 35.6 Å². The molecule has 90 valence electrons. The molecule has 1 heterocycles. The minimum absolute atomic E-state index is 0.158. The molecule has 0 amide bonds. The molecule has 3 nitrogen and oxygen atoms in total. The Balaban J connectivity index is 2.92. The highest BCUT2D eigenvalue weighted by molar-refractivity contribution is 5.04. The summed E-state index contributed by atoms with van der Waals surface area (Å²) in [6, 6.07) is 0. The molecule has 0 spiro atoms. The van der Waals surface area contributed by atoms with Crippen LogP contribution in [0.25, 0.3) is 0 Å². The van der Waals surface area contributed by atoms with Crippen molar-refractivity contribution in [2.75, 3.05) is 7.11 Å². The zero-order chi connectivity index (χ0) is 11.9. The van der Waals surface area contributed by atoms with E-state index in [9.17, 15) is 5.11 Å². The van der Waals surface area contributed by atoms with Gasteiger partial charge in [-0.25, -0.2) is 0 Å². The Morgan fingerprint density at radius 3 is 2.33 bits per heavy atom. The van der Waals surface area contributed by atoms with Gasteiger partial charge in [0.2, 0.25) is 0 Å². The number of hydrogen-bond donors (Lipinski definition) is 1. The molecule has 0 aromatic rings. The van der Waals surface area contributed by atoms with E-state index in [1.165, 1.54) is 0 Å². The van der Waals surface area contributed by atoms with Gasteiger partial charge < -0.3 is 14.6 Å². The first-order chi connectivity index (χ1) is 6.74. The molecular weight excluding hydrogens is 192 g/mol. The Labute approximate surface area is 92.8 Å². The molecule has 1 fully saturated rings. The van der Waals surface area contributed by atoms with Crippen LogP contribution < -0.4 is 0 Å². The molecule has 15 heavy (non-hydrogen) atoms. The van der Waals surface area contributed by atoms with E-state index in [1.54, 1.807) is 14.0 Å². The van der Waals surface area contributed by atoms with Crippen LogP contribution in [0.15, 0.2) is 0 Å². The third-order valence-electron chi connectivity index (χ3n) is 4.03. The van der Waals surface area contributed by atoms with Gasteiger partial charge in [-0.15, -0.1) is 0 Å².